The molecule has 1 atom stereocenters. The molecule has 9 heteroatoms. The van der Waals surface area contributed by atoms with Gasteiger partial charge in [0.25, 0.3) is 0 Å². The van der Waals surface area contributed by atoms with Gasteiger partial charge in [0.05, 0.1) is 18.9 Å². The smallest absolute Gasteiger partial charge is 0.408 e. The maximum Gasteiger partial charge on any atom is 0.408 e. The van der Waals surface area contributed by atoms with Crippen molar-refractivity contribution in [3.63, 3.8) is 0 Å². The molecule has 9 nitrogen and oxygen atoms in total. The molecule has 0 radical (unpaired) electrons. The minimum Gasteiger partial charge on any atom is -0.475 e. The van der Waals surface area contributed by atoms with Crippen LogP contribution in [0, 0.1) is 0 Å². The Morgan fingerprint density at radius 2 is 1.76 bits per heavy atom. The van der Waals surface area contributed by atoms with Gasteiger partial charge in [-0.05, 0) is 53.9 Å². The van der Waals surface area contributed by atoms with Crippen LogP contribution in [0.5, 0.6) is 5.88 Å². The first kappa shape index (κ1) is 26.9. The lowest BCUT2D eigenvalue weighted by Crippen LogP contribution is -2.44. The minimum atomic E-state index is -0.774. The number of rotatable bonds is 11. The summed E-state index contributed by atoms with van der Waals surface area (Å²) in [6.07, 6.45) is 1.14. The van der Waals surface area contributed by atoms with Crippen LogP contribution >= 0.6 is 0 Å². The second kappa shape index (κ2) is 12.8. The maximum absolute atomic E-state index is 12.1. The van der Waals surface area contributed by atoms with Crippen molar-refractivity contribution in [2.75, 3.05) is 19.0 Å². The van der Waals surface area contributed by atoms with Gasteiger partial charge >= 0.3 is 12.1 Å². The van der Waals surface area contributed by atoms with Crippen molar-refractivity contribution in [1.82, 2.24) is 15.3 Å². The highest BCUT2D eigenvalue weighted by atomic mass is 16.6. The van der Waals surface area contributed by atoms with Crippen molar-refractivity contribution < 1.29 is 23.8 Å². The van der Waals surface area contributed by atoms with Gasteiger partial charge in [-0.3, -0.25) is 0 Å². The fourth-order valence-corrected chi connectivity index (χ4v) is 3.08. The van der Waals surface area contributed by atoms with Crippen molar-refractivity contribution in [2.45, 2.75) is 71.6 Å². The predicted molar refractivity (Wildman–Crippen MR) is 131 cm³/mol. The molecule has 1 heterocycles. The van der Waals surface area contributed by atoms with E-state index >= 15 is 0 Å². The van der Waals surface area contributed by atoms with Gasteiger partial charge in [-0.2, -0.15) is 4.98 Å². The summed E-state index contributed by atoms with van der Waals surface area (Å²) in [4.78, 5) is 33.2. The Kier molecular flexibility index (Phi) is 10.1. The van der Waals surface area contributed by atoms with Gasteiger partial charge in [0.1, 0.15) is 11.6 Å². The van der Waals surface area contributed by atoms with Crippen LogP contribution in [0.25, 0.3) is 11.3 Å². The van der Waals surface area contributed by atoms with E-state index < -0.39 is 23.7 Å². The lowest BCUT2D eigenvalue weighted by atomic mass is 10.1. The lowest BCUT2D eigenvalue weighted by Gasteiger charge is -2.22. The second-order valence-electron chi connectivity index (χ2n) is 9.09. The fourth-order valence-electron chi connectivity index (χ4n) is 3.08. The molecule has 1 aromatic carbocycles. The van der Waals surface area contributed by atoms with Gasteiger partial charge in [-0.25, -0.2) is 14.6 Å². The molecule has 2 rings (SSSR count). The molecule has 186 valence electrons. The molecule has 34 heavy (non-hydrogen) atoms. The number of aromatic nitrogens is 2. The Morgan fingerprint density at radius 1 is 1.06 bits per heavy atom. The minimum absolute atomic E-state index is 0.0147. The van der Waals surface area contributed by atoms with Gasteiger partial charge in [0.2, 0.25) is 11.8 Å². The molecule has 2 aromatic rings. The van der Waals surface area contributed by atoms with E-state index in [1.165, 1.54) is 7.11 Å². The van der Waals surface area contributed by atoms with Gasteiger partial charge < -0.3 is 24.8 Å². The molecule has 1 amide bonds. The molecule has 0 spiro atoms. The summed E-state index contributed by atoms with van der Waals surface area (Å²) in [6, 6.07) is 10.9. The number of nitrogens with one attached hydrogen (secondary N) is 2. The van der Waals surface area contributed by atoms with Crippen LogP contribution < -0.4 is 15.4 Å². The summed E-state index contributed by atoms with van der Waals surface area (Å²) in [5.41, 5.74) is 1.08. The number of carbonyl (C=O) groups excluding carboxylic acids is 2. The average molecular weight is 473 g/mol. The fraction of sp³-hybridized carbons (Fsp3) is 0.520. The van der Waals surface area contributed by atoms with Crippen LogP contribution in [0.1, 0.15) is 53.9 Å². The molecule has 1 aromatic heterocycles. The molecular weight excluding hydrogens is 436 g/mol. The number of alkyl carbamates (subject to hydrolysis) is 1. The maximum atomic E-state index is 12.1. The van der Waals surface area contributed by atoms with Crippen LogP contribution in [-0.2, 0) is 14.3 Å². The van der Waals surface area contributed by atoms with Crippen molar-refractivity contribution in [2.24, 2.45) is 0 Å². The van der Waals surface area contributed by atoms with Crippen LogP contribution in [0.15, 0.2) is 36.4 Å². The monoisotopic (exact) mass is 472 g/mol. The number of hydrogen-bond acceptors (Lipinski definition) is 8. The number of esters is 1. The van der Waals surface area contributed by atoms with E-state index in [0.717, 1.165) is 17.7 Å². The summed E-state index contributed by atoms with van der Waals surface area (Å²) in [5.74, 6) is 0.459. The summed E-state index contributed by atoms with van der Waals surface area (Å²) in [5, 5.41) is 5.81. The van der Waals surface area contributed by atoms with Crippen LogP contribution in [0.3, 0.4) is 0 Å². The number of amides is 1. The quantitative estimate of drug-likeness (QED) is 0.361. The molecule has 0 saturated carbocycles. The summed E-state index contributed by atoms with van der Waals surface area (Å²) in [7, 11) is 1.29. The zero-order valence-electron chi connectivity index (χ0n) is 20.9. The second-order valence-corrected chi connectivity index (χ2v) is 9.09. The molecular formula is C25H36N4O5. The first-order chi connectivity index (χ1) is 16.1. The van der Waals surface area contributed by atoms with Gasteiger partial charge in [-0.15, -0.1) is 0 Å². The number of carbonyl (C=O) groups is 2. The third-order valence-electron chi connectivity index (χ3n) is 4.51. The molecule has 0 aliphatic heterocycles. The molecule has 0 fully saturated rings. The van der Waals surface area contributed by atoms with Crippen molar-refractivity contribution in [3.05, 3.63) is 36.4 Å². The Morgan fingerprint density at radius 3 is 2.38 bits per heavy atom. The zero-order valence-corrected chi connectivity index (χ0v) is 20.9. The first-order valence-corrected chi connectivity index (χ1v) is 11.5. The van der Waals surface area contributed by atoms with Gasteiger partial charge in [-0.1, -0.05) is 30.3 Å². The SMILES string of the molecule is COC(=O)[C@H](CCCCNc1nc(OC(C)C)cc(-c2ccccc2)n1)NC(=O)OC(C)(C)C. The Hall–Kier alpha value is -3.36. The molecule has 2 N–H and O–H groups in total. The number of benzene rings is 1. The molecule has 0 unspecified atom stereocenters. The van der Waals surface area contributed by atoms with Crippen molar-refractivity contribution in [3.8, 4) is 17.1 Å². The Labute approximate surface area is 201 Å². The summed E-state index contributed by atoms with van der Waals surface area (Å²) < 4.78 is 15.8. The topological polar surface area (TPSA) is 112 Å². The van der Waals surface area contributed by atoms with Crippen molar-refractivity contribution >= 4 is 18.0 Å². The summed E-state index contributed by atoms with van der Waals surface area (Å²) in [6.45, 7) is 9.76. The van der Waals surface area contributed by atoms with E-state index in [9.17, 15) is 9.59 Å². The molecule has 0 saturated heterocycles. The number of ether oxygens (including phenoxy) is 3. The highest BCUT2D eigenvalue weighted by Crippen LogP contribution is 2.23. The molecule has 0 aliphatic carbocycles. The van der Waals surface area contributed by atoms with E-state index in [0.29, 0.717) is 31.2 Å². The molecule has 0 bridgehead atoms. The lowest BCUT2D eigenvalue weighted by molar-refractivity contribution is -0.143. The number of anilines is 1. The number of hydrogen-bond donors (Lipinski definition) is 2. The number of nitrogens with zero attached hydrogens (tertiary/aromatic N) is 2. The normalized spacial score (nSPS) is 12.1. The number of methoxy groups -OCH3 is 1. The van der Waals surface area contributed by atoms with E-state index in [1.807, 2.05) is 50.2 Å². The van der Waals surface area contributed by atoms with E-state index in [1.54, 1.807) is 20.8 Å². The highest BCUT2D eigenvalue weighted by Gasteiger charge is 2.24. The third kappa shape index (κ3) is 9.64. The Balaban J connectivity index is 1.94. The van der Waals surface area contributed by atoms with Gasteiger partial charge in [0, 0.05) is 18.2 Å². The average Bonchev–Trinajstić information content (AvgIpc) is 2.76. The van der Waals surface area contributed by atoms with E-state index in [2.05, 4.69) is 20.6 Å². The standard InChI is InChI=1S/C25H36N4O5/c1-17(2)33-21-16-20(18-12-8-7-9-13-18)27-23(29-21)26-15-11-10-14-19(22(30)32-6)28-24(31)34-25(3,4)5/h7-9,12-13,16-17,19H,10-11,14-15H2,1-6H3,(H,28,31)(H,26,27,29)/t19-/m0/s1. The van der Waals surface area contributed by atoms with Crippen LogP contribution in [-0.4, -0.2) is 53.4 Å². The van der Waals surface area contributed by atoms with Crippen LogP contribution in [0.4, 0.5) is 10.7 Å². The predicted octanol–water partition coefficient (Wildman–Crippen LogP) is 4.58. The summed E-state index contributed by atoms with van der Waals surface area (Å²) >= 11 is 0. The van der Waals surface area contributed by atoms with E-state index in [4.69, 9.17) is 14.2 Å². The molecule has 0 aliphatic rings. The Bertz CT molecular complexity index is 929. The van der Waals surface area contributed by atoms with E-state index in [-0.39, 0.29) is 6.10 Å². The first-order valence-electron chi connectivity index (χ1n) is 11.5. The number of unbranched alkanes of at least 4 members (excludes halogenated alkanes) is 1. The van der Waals surface area contributed by atoms with Gasteiger partial charge in [0.15, 0.2) is 0 Å². The largest absolute Gasteiger partial charge is 0.475 e. The van der Waals surface area contributed by atoms with Crippen LogP contribution in [0.2, 0.25) is 0 Å². The third-order valence-corrected chi connectivity index (χ3v) is 4.51. The highest BCUT2D eigenvalue weighted by molar-refractivity contribution is 5.81. The zero-order chi connectivity index (χ0) is 25.1. The van der Waals surface area contributed by atoms with Crippen molar-refractivity contribution in [1.29, 1.82) is 0 Å².